The number of nitrogens with two attached hydrogens (primary N) is 2. The summed E-state index contributed by atoms with van der Waals surface area (Å²) >= 11 is 0. The molecule has 4 fully saturated rings. The maximum absolute atomic E-state index is 13.8. The first-order valence-electron chi connectivity index (χ1n) is 14.0. The normalized spacial score (nSPS) is 35.9. The third-order valence-corrected chi connectivity index (χ3v) is 9.03. The number of carbonyl (C=O) groups excluding carboxylic acids is 3. The average molecular weight is 524 g/mol. The van der Waals surface area contributed by atoms with Crippen molar-refractivity contribution < 1.29 is 44.7 Å². The molecule has 0 aromatic heterocycles. The van der Waals surface area contributed by atoms with Gasteiger partial charge in [-0.05, 0) is 50.5 Å². The quantitative estimate of drug-likeness (QED) is 0.0680. The number of allylic oxidation sites excluding steroid dienone is 1. The lowest BCUT2D eigenvalue weighted by Crippen LogP contribution is -2.97. The van der Waals surface area contributed by atoms with E-state index >= 15 is 0 Å². The van der Waals surface area contributed by atoms with Crippen LogP contribution in [-0.4, -0.2) is 85.2 Å². The van der Waals surface area contributed by atoms with Crippen LogP contribution in [0.15, 0.2) is 11.1 Å². The first-order chi connectivity index (χ1) is 17.8. The van der Waals surface area contributed by atoms with Gasteiger partial charge in [0.1, 0.15) is 19.4 Å². The minimum atomic E-state index is -1.95. The average Bonchev–Trinajstić information content (AvgIpc) is 3.62. The van der Waals surface area contributed by atoms with Crippen molar-refractivity contribution in [3.8, 4) is 0 Å². The molecule has 0 aromatic carbocycles. The number of fused-ring (bicyclic) bond motifs is 2. The van der Waals surface area contributed by atoms with Crippen LogP contribution in [0.4, 0.5) is 0 Å². The number of piperidine rings is 1. The predicted octanol–water partition coefficient (Wildman–Crippen LogP) is -1.49. The Kier molecular flexibility index (Phi) is 9.19. The summed E-state index contributed by atoms with van der Waals surface area (Å²) in [5.41, 5.74) is -1.92. The number of quaternary nitrogens is 2. The van der Waals surface area contributed by atoms with E-state index in [0.29, 0.717) is 30.5 Å². The molecule has 6 atom stereocenters. The number of carbonyl (C=O) groups is 3. The number of hydrogen-bond donors (Lipinski definition) is 5. The summed E-state index contributed by atoms with van der Waals surface area (Å²) in [6.07, 6.45) is 7.29. The van der Waals surface area contributed by atoms with Crippen molar-refractivity contribution in [2.75, 3.05) is 40.1 Å². The Labute approximate surface area is 218 Å². The van der Waals surface area contributed by atoms with Crippen molar-refractivity contribution in [3.05, 3.63) is 11.1 Å². The van der Waals surface area contributed by atoms with E-state index in [1.807, 2.05) is 14.0 Å². The van der Waals surface area contributed by atoms with Crippen LogP contribution in [0.1, 0.15) is 64.7 Å². The zero-order valence-corrected chi connectivity index (χ0v) is 22.3. The van der Waals surface area contributed by atoms with Crippen LogP contribution in [0.2, 0.25) is 0 Å². The lowest BCUT2D eigenvalue weighted by Gasteiger charge is -2.37. The highest BCUT2D eigenvalue weighted by Gasteiger charge is 2.87. The van der Waals surface area contributed by atoms with Crippen molar-refractivity contribution in [1.29, 1.82) is 0 Å². The number of esters is 1. The van der Waals surface area contributed by atoms with Gasteiger partial charge in [-0.3, -0.25) is 9.59 Å². The number of Topliss-reactive ketones (excluding diaryl/α,β-unsaturated/α-hetero) is 2. The van der Waals surface area contributed by atoms with E-state index in [9.17, 15) is 19.5 Å². The Balaban J connectivity index is 1.51. The van der Waals surface area contributed by atoms with Gasteiger partial charge in [0.2, 0.25) is 0 Å². The molecule has 2 aliphatic heterocycles. The summed E-state index contributed by atoms with van der Waals surface area (Å²) in [6.45, 7) is 3.03. The number of rotatable bonds is 12. The molecule has 0 aromatic rings. The number of epoxide rings is 1. The molecule has 7 N–H and O–H groups in total. The van der Waals surface area contributed by atoms with Crippen molar-refractivity contribution in [3.63, 3.8) is 0 Å². The molecule has 0 radical (unpaired) electrons. The second kappa shape index (κ2) is 12.0. The van der Waals surface area contributed by atoms with E-state index in [2.05, 4.69) is 16.0 Å². The number of ketones is 2. The number of hydrogen-bond acceptors (Lipinski definition) is 8. The summed E-state index contributed by atoms with van der Waals surface area (Å²) in [5.74, 6) is -1.88. The Bertz CT molecular complexity index is 908. The maximum Gasteiger partial charge on any atom is 0.350 e. The van der Waals surface area contributed by atoms with E-state index < -0.39 is 29.0 Å². The van der Waals surface area contributed by atoms with Gasteiger partial charge >= 0.3 is 5.97 Å². The fourth-order valence-corrected chi connectivity index (χ4v) is 6.87. The molecule has 2 saturated carbocycles. The molecule has 6 unspecified atom stereocenters. The van der Waals surface area contributed by atoms with E-state index in [1.165, 1.54) is 0 Å². The largest absolute Gasteiger partial charge is 0.461 e. The van der Waals surface area contributed by atoms with Gasteiger partial charge in [0.05, 0.1) is 26.8 Å². The first kappa shape index (κ1) is 28.3. The molecule has 2 aliphatic carbocycles. The summed E-state index contributed by atoms with van der Waals surface area (Å²) in [4.78, 5) is 40.5. The van der Waals surface area contributed by atoms with Crippen LogP contribution in [-0.2, 0) is 23.9 Å². The molecule has 0 amide bonds. The Hall–Kier alpha value is -1.69. The third-order valence-electron chi connectivity index (χ3n) is 9.03. The standard InChI is InChI=1S/C27H43N3O7/c1-17(7-8-18-9-10-29-22(13-18)30-16-28-2)19(15-32)14-26-23(33)20-5-3-4-6-21(20)24(34)27(26,37-26)25(35)36-12-11-31/h18,20-22,28-32H,3-16H2,1-2H3/p+2. The Morgan fingerprint density at radius 2 is 1.92 bits per heavy atom. The molecular weight excluding hydrogens is 478 g/mol. The van der Waals surface area contributed by atoms with Crippen LogP contribution in [0.3, 0.4) is 0 Å². The van der Waals surface area contributed by atoms with Crippen LogP contribution in [0.25, 0.3) is 0 Å². The lowest BCUT2D eigenvalue weighted by atomic mass is 9.60. The molecule has 37 heavy (non-hydrogen) atoms. The van der Waals surface area contributed by atoms with Gasteiger partial charge in [-0.2, -0.15) is 0 Å². The van der Waals surface area contributed by atoms with Gasteiger partial charge in [0.15, 0.2) is 17.2 Å². The fourth-order valence-electron chi connectivity index (χ4n) is 6.87. The zero-order valence-electron chi connectivity index (χ0n) is 22.3. The summed E-state index contributed by atoms with van der Waals surface area (Å²) in [5, 5.41) is 27.5. The second-order valence-corrected chi connectivity index (χ2v) is 11.3. The van der Waals surface area contributed by atoms with Crippen molar-refractivity contribution in [2.45, 2.75) is 82.1 Å². The minimum absolute atomic E-state index is 0.0202. The van der Waals surface area contributed by atoms with Crippen LogP contribution >= 0.6 is 0 Å². The van der Waals surface area contributed by atoms with Crippen molar-refractivity contribution in [1.82, 2.24) is 5.32 Å². The maximum atomic E-state index is 13.8. The zero-order chi connectivity index (χ0) is 26.6. The van der Waals surface area contributed by atoms with Crippen molar-refractivity contribution >= 4 is 17.5 Å². The molecule has 4 rings (SSSR count). The molecule has 2 heterocycles. The monoisotopic (exact) mass is 523 g/mol. The van der Waals surface area contributed by atoms with Gasteiger partial charge in [0.25, 0.3) is 5.60 Å². The Morgan fingerprint density at radius 1 is 1.19 bits per heavy atom. The molecule has 4 aliphatic rings. The molecule has 10 heteroatoms. The second-order valence-electron chi connectivity index (χ2n) is 11.3. The van der Waals surface area contributed by atoms with Crippen LogP contribution in [0.5, 0.6) is 0 Å². The van der Waals surface area contributed by atoms with Gasteiger partial charge in [-0.1, -0.05) is 18.4 Å². The smallest absolute Gasteiger partial charge is 0.350 e. The van der Waals surface area contributed by atoms with Gasteiger partial charge < -0.3 is 30.3 Å². The minimum Gasteiger partial charge on any atom is -0.461 e. The van der Waals surface area contributed by atoms with Gasteiger partial charge in [0, 0.05) is 24.7 Å². The van der Waals surface area contributed by atoms with E-state index in [-0.39, 0.29) is 37.8 Å². The van der Waals surface area contributed by atoms with Crippen LogP contribution in [0, 0.1) is 17.8 Å². The number of nitrogens with one attached hydrogen (secondary N) is 1. The molecular formula is C27H45N3O7+2. The number of aliphatic hydroxyl groups excluding tert-OH is 2. The molecule has 0 bridgehead atoms. The summed E-state index contributed by atoms with van der Waals surface area (Å²) in [6, 6.07) is 0. The van der Waals surface area contributed by atoms with E-state index in [1.54, 1.807) is 0 Å². The molecule has 10 nitrogen and oxygen atoms in total. The lowest BCUT2D eigenvalue weighted by molar-refractivity contribution is -0.716. The third kappa shape index (κ3) is 5.29. The highest BCUT2D eigenvalue weighted by atomic mass is 16.7. The van der Waals surface area contributed by atoms with Crippen molar-refractivity contribution in [2.24, 2.45) is 17.8 Å². The number of ether oxygens (including phenoxy) is 2. The summed E-state index contributed by atoms with van der Waals surface area (Å²) in [7, 11) is 2.04. The Morgan fingerprint density at radius 3 is 2.59 bits per heavy atom. The van der Waals surface area contributed by atoms with E-state index in [4.69, 9.17) is 14.6 Å². The first-order valence-corrected chi connectivity index (χ1v) is 14.0. The SMILES string of the molecule is C[NH2+]CNC1CC(CCC(C)=C(CO)CC23OC2(C(=O)OCCO)C(=O)C2CCCCC2C3=O)CC[NH2+]1. The molecule has 208 valence electrons. The molecule has 0 spiro atoms. The number of aliphatic hydroxyl groups is 2. The predicted molar refractivity (Wildman–Crippen MR) is 133 cm³/mol. The fraction of sp³-hybridized carbons (Fsp3) is 0.815. The van der Waals surface area contributed by atoms with Crippen LogP contribution < -0.4 is 16.0 Å². The molecule has 2 saturated heterocycles. The highest BCUT2D eigenvalue weighted by molar-refractivity contribution is 6.23. The van der Waals surface area contributed by atoms with E-state index in [0.717, 1.165) is 57.3 Å². The van der Waals surface area contributed by atoms with Gasteiger partial charge in [-0.25, -0.2) is 10.1 Å². The van der Waals surface area contributed by atoms with Gasteiger partial charge in [-0.15, -0.1) is 0 Å². The summed E-state index contributed by atoms with van der Waals surface area (Å²) < 4.78 is 11.1. The topological polar surface area (TPSA) is 159 Å². The highest BCUT2D eigenvalue weighted by Crippen LogP contribution is 2.62.